The molecule has 3 nitrogen and oxygen atoms in total. The van der Waals surface area contributed by atoms with E-state index in [4.69, 9.17) is 0 Å². The number of methoxy groups -OCH3 is 1. The highest BCUT2D eigenvalue weighted by Gasteiger charge is 1.74. The van der Waals surface area contributed by atoms with Crippen molar-refractivity contribution in [3.05, 3.63) is 0 Å². The molecule has 52 valence electrons. The van der Waals surface area contributed by atoms with Crippen LogP contribution in [0.15, 0.2) is 0 Å². The fourth-order valence-electron chi connectivity index (χ4n) is 0.131. The van der Waals surface area contributed by atoms with Gasteiger partial charge in [-0.05, 0) is 0 Å². The Morgan fingerprint density at radius 2 is 1.75 bits per heavy atom. The van der Waals surface area contributed by atoms with Gasteiger partial charge in [0.25, 0.3) is 0 Å². The second-order valence-electron chi connectivity index (χ2n) is 0.864. The number of ether oxygens (including phenoxy) is 1. The second-order valence-corrected chi connectivity index (χ2v) is 0.864. The third kappa shape index (κ3) is 16.9. The smallest absolute Gasteiger partial charge is 0.0912 e. The molecule has 0 aromatic rings. The van der Waals surface area contributed by atoms with Crippen molar-refractivity contribution in [2.24, 2.45) is 5.90 Å². The van der Waals surface area contributed by atoms with Gasteiger partial charge in [0.1, 0.15) is 0 Å². The van der Waals surface area contributed by atoms with Crippen LogP contribution in [0.1, 0.15) is 13.8 Å². The molecular formula is C5H15NO2. The molecule has 0 radical (unpaired) electrons. The van der Waals surface area contributed by atoms with Gasteiger partial charge in [-0.1, -0.05) is 13.8 Å². The van der Waals surface area contributed by atoms with E-state index in [1.165, 1.54) is 0 Å². The van der Waals surface area contributed by atoms with E-state index >= 15 is 0 Å². The third-order valence-corrected chi connectivity index (χ3v) is 0.405. The molecule has 0 atom stereocenters. The van der Waals surface area contributed by atoms with Crippen molar-refractivity contribution < 1.29 is 9.57 Å². The fraction of sp³-hybridized carbons (Fsp3) is 1.00. The Labute approximate surface area is 50.7 Å². The van der Waals surface area contributed by atoms with Crippen LogP contribution >= 0.6 is 0 Å². The van der Waals surface area contributed by atoms with Crippen LogP contribution in [0.25, 0.3) is 0 Å². The van der Waals surface area contributed by atoms with Gasteiger partial charge in [0.05, 0.1) is 13.2 Å². The number of nitrogens with two attached hydrogens (primary N) is 1. The Balaban J connectivity index is 0. The normalized spacial score (nSPS) is 7.50. The minimum Gasteiger partial charge on any atom is -0.382 e. The topological polar surface area (TPSA) is 44.5 Å². The lowest BCUT2D eigenvalue weighted by atomic mass is 10.8. The first kappa shape index (κ1) is 10.8. The van der Waals surface area contributed by atoms with Crippen LogP contribution in [0.4, 0.5) is 0 Å². The molecule has 0 aromatic heterocycles. The highest BCUT2D eigenvalue weighted by atomic mass is 16.6. The average Bonchev–Trinajstić information content (AvgIpc) is 1.88. The van der Waals surface area contributed by atoms with Crippen molar-refractivity contribution in [2.75, 3.05) is 20.3 Å². The summed E-state index contributed by atoms with van der Waals surface area (Å²) in [6.45, 7) is 5.03. The molecule has 0 unspecified atom stereocenters. The molecule has 8 heavy (non-hydrogen) atoms. The molecule has 0 fully saturated rings. The fourth-order valence-corrected chi connectivity index (χ4v) is 0.131. The Morgan fingerprint density at radius 1 is 1.25 bits per heavy atom. The Hall–Kier alpha value is -0.120. The summed E-state index contributed by atoms with van der Waals surface area (Å²) in [5.74, 6) is 4.63. The molecule has 0 rings (SSSR count). The first-order valence-electron chi connectivity index (χ1n) is 2.72. The highest BCUT2D eigenvalue weighted by Crippen LogP contribution is 1.62. The van der Waals surface area contributed by atoms with Gasteiger partial charge < -0.3 is 9.57 Å². The van der Waals surface area contributed by atoms with Gasteiger partial charge in [0.15, 0.2) is 0 Å². The SMILES string of the molecule is CC.COCCON. The monoisotopic (exact) mass is 121 g/mol. The van der Waals surface area contributed by atoms with E-state index in [1.807, 2.05) is 13.8 Å². The van der Waals surface area contributed by atoms with Crippen molar-refractivity contribution in [3.63, 3.8) is 0 Å². The molecule has 0 aliphatic carbocycles. The lowest BCUT2D eigenvalue weighted by molar-refractivity contribution is 0.0712. The lowest BCUT2D eigenvalue weighted by Gasteiger charge is -1.91. The summed E-state index contributed by atoms with van der Waals surface area (Å²) < 4.78 is 4.58. The quantitative estimate of drug-likeness (QED) is 0.438. The summed E-state index contributed by atoms with van der Waals surface area (Å²) in [5.41, 5.74) is 0. The molecule has 0 aliphatic rings. The average molecular weight is 121 g/mol. The summed E-state index contributed by atoms with van der Waals surface area (Å²) in [7, 11) is 1.60. The maximum absolute atomic E-state index is 4.63. The van der Waals surface area contributed by atoms with Crippen LogP contribution in [-0.2, 0) is 9.57 Å². The first-order valence-corrected chi connectivity index (χ1v) is 2.72. The molecule has 0 aromatic carbocycles. The van der Waals surface area contributed by atoms with Crippen molar-refractivity contribution in [1.82, 2.24) is 0 Å². The maximum Gasteiger partial charge on any atom is 0.0912 e. The number of hydrogen-bond donors (Lipinski definition) is 1. The molecular weight excluding hydrogens is 106 g/mol. The summed E-state index contributed by atoms with van der Waals surface area (Å²) in [6.07, 6.45) is 0. The molecule has 0 heterocycles. The van der Waals surface area contributed by atoms with E-state index in [0.717, 1.165) is 0 Å². The van der Waals surface area contributed by atoms with Gasteiger partial charge in [0, 0.05) is 7.11 Å². The van der Waals surface area contributed by atoms with Crippen LogP contribution in [-0.4, -0.2) is 20.3 Å². The Bertz CT molecular complexity index is 22.4. The van der Waals surface area contributed by atoms with Crippen LogP contribution < -0.4 is 5.90 Å². The Kier molecular flexibility index (Phi) is 21.3. The van der Waals surface area contributed by atoms with Gasteiger partial charge in [-0.25, -0.2) is 5.90 Å². The summed E-state index contributed by atoms with van der Waals surface area (Å²) >= 11 is 0. The van der Waals surface area contributed by atoms with Crippen LogP contribution in [0.2, 0.25) is 0 Å². The van der Waals surface area contributed by atoms with Crippen molar-refractivity contribution in [3.8, 4) is 0 Å². The first-order chi connectivity index (χ1) is 3.91. The standard InChI is InChI=1S/C3H9NO2.C2H6/c1-5-2-3-6-4;1-2/h2-4H2,1H3;1-2H3. The van der Waals surface area contributed by atoms with Gasteiger partial charge in [0.2, 0.25) is 0 Å². The molecule has 0 amide bonds. The summed E-state index contributed by atoms with van der Waals surface area (Å²) in [6, 6.07) is 0. The second kappa shape index (κ2) is 15.8. The van der Waals surface area contributed by atoms with Crippen LogP contribution in [0.3, 0.4) is 0 Å². The van der Waals surface area contributed by atoms with Crippen molar-refractivity contribution >= 4 is 0 Å². The van der Waals surface area contributed by atoms with Gasteiger partial charge in [-0.2, -0.15) is 0 Å². The molecule has 2 N–H and O–H groups in total. The predicted molar refractivity (Wildman–Crippen MR) is 33.4 cm³/mol. The maximum atomic E-state index is 4.63. The zero-order valence-electron chi connectivity index (χ0n) is 5.81. The molecule has 0 spiro atoms. The van der Waals surface area contributed by atoms with Gasteiger partial charge in [-0.15, -0.1) is 0 Å². The molecule has 0 saturated carbocycles. The van der Waals surface area contributed by atoms with Gasteiger partial charge >= 0.3 is 0 Å². The van der Waals surface area contributed by atoms with Crippen molar-refractivity contribution in [2.45, 2.75) is 13.8 Å². The summed E-state index contributed by atoms with van der Waals surface area (Å²) in [5, 5.41) is 0. The van der Waals surface area contributed by atoms with E-state index in [0.29, 0.717) is 13.2 Å². The van der Waals surface area contributed by atoms with E-state index in [1.54, 1.807) is 7.11 Å². The summed E-state index contributed by atoms with van der Waals surface area (Å²) in [4.78, 5) is 4.16. The zero-order chi connectivity index (χ0) is 6.83. The zero-order valence-corrected chi connectivity index (χ0v) is 5.81. The number of hydrogen-bond acceptors (Lipinski definition) is 3. The predicted octanol–water partition coefficient (Wildman–Crippen LogP) is 0.549. The van der Waals surface area contributed by atoms with E-state index in [2.05, 4.69) is 15.5 Å². The van der Waals surface area contributed by atoms with Crippen LogP contribution in [0.5, 0.6) is 0 Å². The lowest BCUT2D eigenvalue weighted by Crippen LogP contribution is -2.05. The van der Waals surface area contributed by atoms with Crippen LogP contribution in [0, 0.1) is 0 Å². The number of rotatable bonds is 3. The van der Waals surface area contributed by atoms with E-state index in [9.17, 15) is 0 Å². The Morgan fingerprint density at radius 3 is 1.88 bits per heavy atom. The molecule has 0 saturated heterocycles. The third-order valence-electron chi connectivity index (χ3n) is 0.405. The molecule has 3 heteroatoms. The van der Waals surface area contributed by atoms with E-state index in [-0.39, 0.29) is 0 Å². The minimum absolute atomic E-state index is 0.469. The molecule has 0 bridgehead atoms. The highest BCUT2D eigenvalue weighted by molar-refractivity contribution is 4.16. The minimum atomic E-state index is 0.469. The van der Waals surface area contributed by atoms with Crippen molar-refractivity contribution in [1.29, 1.82) is 0 Å². The largest absolute Gasteiger partial charge is 0.382 e. The van der Waals surface area contributed by atoms with E-state index < -0.39 is 0 Å². The van der Waals surface area contributed by atoms with Gasteiger partial charge in [-0.3, -0.25) is 0 Å². The molecule has 0 aliphatic heterocycles.